The average molecular weight is 491 g/mol. The van der Waals surface area contributed by atoms with Crippen LogP contribution in [0.5, 0.6) is 5.75 Å². The molecule has 0 saturated carbocycles. The van der Waals surface area contributed by atoms with E-state index in [0.717, 1.165) is 43.5 Å². The van der Waals surface area contributed by atoms with Gasteiger partial charge in [-0.25, -0.2) is 0 Å². The third-order valence-corrected chi connectivity index (χ3v) is 5.05. The van der Waals surface area contributed by atoms with Gasteiger partial charge < -0.3 is 25.8 Å². The summed E-state index contributed by atoms with van der Waals surface area (Å²) in [4.78, 5) is 13.1. The van der Waals surface area contributed by atoms with Crippen LogP contribution >= 0.6 is 0 Å². The highest BCUT2D eigenvalue weighted by atomic mass is 19.4. The molecule has 0 radical (unpaired) electrons. The van der Waals surface area contributed by atoms with Crippen molar-refractivity contribution in [3.63, 3.8) is 0 Å². The van der Waals surface area contributed by atoms with Crippen molar-refractivity contribution in [2.75, 3.05) is 36.2 Å². The first kappa shape index (κ1) is 26.0. The Kier molecular flexibility index (Phi) is 9.47. The smallest absolute Gasteiger partial charge is 0.416 e. The van der Waals surface area contributed by atoms with Crippen LogP contribution in [0.25, 0.3) is 0 Å². The van der Waals surface area contributed by atoms with Crippen molar-refractivity contribution in [2.45, 2.75) is 38.4 Å². The average Bonchev–Trinajstić information content (AvgIpc) is 2.85. The molecule has 3 rings (SSSR count). The molecule has 0 saturated heterocycles. The molecule has 2 aromatic carbocycles. The van der Waals surface area contributed by atoms with Gasteiger partial charge in [-0.05, 0) is 54.8 Å². The number of benzene rings is 2. The van der Waals surface area contributed by atoms with Crippen LogP contribution in [-0.4, -0.2) is 40.3 Å². The second-order valence-corrected chi connectivity index (χ2v) is 7.78. The predicted molar refractivity (Wildman–Crippen MR) is 129 cm³/mol. The lowest BCUT2D eigenvalue weighted by atomic mass is 10.1. The maximum absolute atomic E-state index is 13.0. The molecule has 0 spiro atoms. The lowest BCUT2D eigenvalue weighted by Crippen LogP contribution is -2.12. The van der Waals surface area contributed by atoms with Crippen LogP contribution in [0.3, 0.4) is 0 Å². The van der Waals surface area contributed by atoms with E-state index in [-0.39, 0.29) is 25.0 Å². The zero-order valence-electron chi connectivity index (χ0n) is 19.4. The number of nitrogens with zero attached hydrogens (tertiary/aromatic N) is 3. The zero-order valence-corrected chi connectivity index (χ0v) is 19.4. The summed E-state index contributed by atoms with van der Waals surface area (Å²) in [6, 6.07) is 12.3. The highest BCUT2D eigenvalue weighted by Crippen LogP contribution is 2.29. The predicted octanol–water partition coefficient (Wildman–Crippen LogP) is 5.22. The molecule has 0 fully saturated rings. The molecule has 35 heavy (non-hydrogen) atoms. The number of anilines is 4. The van der Waals surface area contributed by atoms with E-state index in [1.807, 2.05) is 12.1 Å². The number of alkyl halides is 3. The molecule has 188 valence electrons. The minimum atomic E-state index is -4.41. The number of halogens is 3. The molecule has 1 aromatic heterocycles. The number of aliphatic hydroxyl groups excluding tert-OH is 1. The summed E-state index contributed by atoms with van der Waals surface area (Å²) in [5, 5.41) is 18.1. The number of methoxy groups -OCH3 is 1. The summed E-state index contributed by atoms with van der Waals surface area (Å²) in [5.41, 5.74) is 0.469. The molecule has 0 bridgehead atoms. The number of rotatable bonds is 13. The summed E-state index contributed by atoms with van der Waals surface area (Å²) in [6.45, 7) is 0.920. The van der Waals surface area contributed by atoms with Crippen molar-refractivity contribution in [1.82, 2.24) is 15.0 Å². The van der Waals surface area contributed by atoms with Gasteiger partial charge >= 0.3 is 6.18 Å². The molecular formula is C24H29F3N6O2. The number of aliphatic hydroxyl groups is 1. The van der Waals surface area contributed by atoms with Crippen LogP contribution in [0.15, 0.2) is 48.5 Å². The van der Waals surface area contributed by atoms with E-state index >= 15 is 0 Å². The molecule has 0 amide bonds. The summed E-state index contributed by atoms with van der Waals surface area (Å²) in [7, 11) is 1.58. The van der Waals surface area contributed by atoms with Crippen LogP contribution in [0.4, 0.5) is 36.7 Å². The van der Waals surface area contributed by atoms with Gasteiger partial charge in [0.1, 0.15) is 5.75 Å². The van der Waals surface area contributed by atoms with Crippen molar-refractivity contribution >= 4 is 23.5 Å². The third kappa shape index (κ3) is 8.60. The maximum atomic E-state index is 13.0. The molecular weight excluding hydrogens is 461 g/mol. The third-order valence-electron chi connectivity index (χ3n) is 5.05. The van der Waals surface area contributed by atoms with E-state index in [9.17, 15) is 13.2 Å². The molecule has 11 heteroatoms. The molecule has 1 heterocycles. The van der Waals surface area contributed by atoms with Crippen LogP contribution in [-0.2, 0) is 12.7 Å². The van der Waals surface area contributed by atoms with Crippen molar-refractivity contribution in [1.29, 1.82) is 0 Å². The number of hydrogen-bond donors (Lipinski definition) is 4. The Morgan fingerprint density at radius 1 is 0.857 bits per heavy atom. The fourth-order valence-corrected chi connectivity index (χ4v) is 3.22. The van der Waals surface area contributed by atoms with Gasteiger partial charge in [-0.1, -0.05) is 25.0 Å². The molecule has 8 nitrogen and oxygen atoms in total. The van der Waals surface area contributed by atoms with Crippen LogP contribution < -0.4 is 20.7 Å². The van der Waals surface area contributed by atoms with E-state index in [2.05, 4.69) is 30.9 Å². The van der Waals surface area contributed by atoms with Gasteiger partial charge in [0.25, 0.3) is 0 Å². The maximum Gasteiger partial charge on any atom is 0.416 e. The van der Waals surface area contributed by atoms with Gasteiger partial charge in [0.2, 0.25) is 17.8 Å². The summed E-state index contributed by atoms with van der Waals surface area (Å²) < 4.78 is 44.2. The molecule has 0 aliphatic rings. The summed E-state index contributed by atoms with van der Waals surface area (Å²) in [6.07, 6.45) is -0.877. The Morgan fingerprint density at radius 2 is 1.54 bits per heavy atom. The first-order valence-electron chi connectivity index (χ1n) is 11.3. The molecule has 0 unspecified atom stereocenters. The Morgan fingerprint density at radius 3 is 2.23 bits per heavy atom. The van der Waals surface area contributed by atoms with Crippen molar-refractivity contribution in [3.05, 3.63) is 59.7 Å². The molecule has 0 atom stereocenters. The largest absolute Gasteiger partial charge is 0.497 e. The Labute approximate surface area is 202 Å². The van der Waals surface area contributed by atoms with Crippen LogP contribution in [0, 0.1) is 0 Å². The van der Waals surface area contributed by atoms with E-state index in [1.165, 1.54) is 6.07 Å². The Hall–Kier alpha value is -3.60. The van der Waals surface area contributed by atoms with Crippen LogP contribution in [0.2, 0.25) is 0 Å². The molecule has 0 aliphatic heterocycles. The lowest BCUT2D eigenvalue weighted by molar-refractivity contribution is -0.137. The normalized spacial score (nSPS) is 11.2. The highest BCUT2D eigenvalue weighted by molar-refractivity contribution is 5.56. The number of hydrogen-bond acceptors (Lipinski definition) is 8. The fourth-order valence-electron chi connectivity index (χ4n) is 3.22. The first-order valence-corrected chi connectivity index (χ1v) is 11.3. The summed E-state index contributed by atoms with van der Waals surface area (Å²) >= 11 is 0. The number of nitrogens with one attached hydrogen (secondary N) is 3. The number of ether oxygens (including phenoxy) is 1. The zero-order chi connectivity index (χ0) is 25.1. The van der Waals surface area contributed by atoms with E-state index in [4.69, 9.17) is 9.84 Å². The quantitative estimate of drug-likeness (QED) is 0.242. The van der Waals surface area contributed by atoms with Crippen molar-refractivity contribution in [3.8, 4) is 5.75 Å². The minimum Gasteiger partial charge on any atom is -0.497 e. The SMILES string of the molecule is COc1ccc(Nc2nc(NCCCCCCO)nc(NCc3cccc(C(F)(F)F)c3)n2)cc1. The minimum absolute atomic E-state index is 0.108. The van der Waals surface area contributed by atoms with Crippen molar-refractivity contribution < 1.29 is 23.0 Å². The second-order valence-electron chi connectivity index (χ2n) is 7.78. The number of aromatic nitrogens is 3. The standard InChI is InChI=1S/C24H29F3N6O2/c1-35-20-11-9-19(10-12-20)30-23-32-21(28-13-4-2-3-5-14-34)31-22(33-23)29-16-17-7-6-8-18(15-17)24(25,26)27/h6-12,15,34H,2-5,13-14,16H2,1H3,(H3,28,29,30,31,32,33). The Balaban J connectivity index is 1.72. The van der Waals surface area contributed by atoms with Gasteiger partial charge in [-0.3, -0.25) is 0 Å². The van der Waals surface area contributed by atoms with Gasteiger partial charge in [0.15, 0.2) is 0 Å². The van der Waals surface area contributed by atoms with Gasteiger partial charge in [0, 0.05) is 25.4 Å². The fraction of sp³-hybridized carbons (Fsp3) is 0.375. The number of unbranched alkanes of at least 4 members (excludes halogenated alkanes) is 3. The lowest BCUT2D eigenvalue weighted by Gasteiger charge is -2.12. The van der Waals surface area contributed by atoms with Gasteiger partial charge in [0.05, 0.1) is 12.7 Å². The highest BCUT2D eigenvalue weighted by Gasteiger charge is 2.30. The van der Waals surface area contributed by atoms with Crippen LogP contribution in [0.1, 0.15) is 36.8 Å². The van der Waals surface area contributed by atoms with E-state index in [1.54, 1.807) is 25.3 Å². The van der Waals surface area contributed by atoms with Gasteiger partial charge in [-0.2, -0.15) is 28.1 Å². The topological polar surface area (TPSA) is 104 Å². The molecule has 3 aromatic rings. The Bertz CT molecular complexity index is 1060. The molecule has 0 aliphatic carbocycles. The monoisotopic (exact) mass is 490 g/mol. The van der Waals surface area contributed by atoms with E-state index < -0.39 is 11.7 Å². The first-order chi connectivity index (χ1) is 16.9. The molecule has 4 N–H and O–H groups in total. The van der Waals surface area contributed by atoms with Crippen molar-refractivity contribution in [2.24, 2.45) is 0 Å². The van der Waals surface area contributed by atoms with E-state index in [0.29, 0.717) is 23.8 Å². The second kappa shape index (κ2) is 12.7. The van der Waals surface area contributed by atoms with Gasteiger partial charge in [-0.15, -0.1) is 0 Å². The summed E-state index contributed by atoms with van der Waals surface area (Å²) in [5.74, 6) is 1.54.